The Morgan fingerprint density at radius 3 is 2.72 bits per heavy atom. The lowest BCUT2D eigenvalue weighted by atomic mass is 10.3. The van der Waals surface area contributed by atoms with E-state index in [2.05, 4.69) is 27.7 Å². The Hall–Kier alpha value is -1.64. The standard InChI is InChI=1S/C17H19N3O2S3/c21-25(22,16-7-2-1-3-8-16)13-5-12-24-17-19-18-14-20(17)10-9-15-6-4-11-23-15/h1-4,6-8,11,14H,5,9-10,12-13H2. The van der Waals surface area contributed by atoms with Gasteiger partial charge in [-0.25, -0.2) is 8.42 Å². The first kappa shape index (κ1) is 18.2. The smallest absolute Gasteiger partial charge is 0.191 e. The first-order valence-electron chi connectivity index (χ1n) is 7.96. The first-order valence-corrected chi connectivity index (χ1v) is 11.5. The number of thiophene rings is 1. The minimum atomic E-state index is -3.21. The maximum atomic E-state index is 12.3. The molecule has 0 saturated heterocycles. The third-order valence-corrected chi connectivity index (χ3v) is 7.47. The van der Waals surface area contributed by atoms with Crippen LogP contribution in [0.1, 0.15) is 11.3 Å². The summed E-state index contributed by atoms with van der Waals surface area (Å²) in [5, 5.41) is 11.0. The Kier molecular flexibility index (Phi) is 6.28. The largest absolute Gasteiger partial charge is 0.308 e. The molecule has 0 amide bonds. The molecule has 2 heterocycles. The number of benzene rings is 1. The van der Waals surface area contributed by atoms with Gasteiger partial charge in [-0.3, -0.25) is 0 Å². The van der Waals surface area contributed by atoms with E-state index in [9.17, 15) is 8.42 Å². The minimum absolute atomic E-state index is 0.146. The molecule has 0 bridgehead atoms. The van der Waals surface area contributed by atoms with Gasteiger partial charge in [0.25, 0.3) is 0 Å². The maximum absolute atomic E-state index is 12.3. The van der Waals surface area contributed by atoms with E-state index in [4.69, 9.17) is 0 Å². The van der Waals surface area contributed by atoms with Crippen molar-refractivity contribution in [3.05, 3.63) is 59.0 Å². The molecular weight excluding hydrogens is 374 g/mol. The van der Waals surface area contributed by atoms with Crippen molar-refractivity contribution in [2.24, 2.45) is 0 Å². The fraction of sp³-hybridized carbons (Fsp3) is 0.294. The molecule has 0 saturated carbocycles. The van der Waals surface area contributed by atoms with Crippen LogP contribution >= 0.6 is 23.1 Å². The van der Waals surface area contributed by atoms with Crippen molar-refractivity contribution >= 4 is 32.9 Å². The van der Waals surface area contributed by atoms with E-state index in [1.54, 1.807) is 53.7 Å². The number of rotatable bonds is 9. The number of hydrogen-bond acceptors (Lipinski definition) is 6. The predicted octanol–water partition coefficient (Wildman–Crippen LogP) is 3.54. The van der Waals surface area contributed by atoms with Crippen LogP contribution in [0.3, 0.4) is 0 Å². The molecule has 5 nitrogen and oxygen atoms in total. The molecule has 2 aromatic heterocycles. The van der Waals surface area contributed by atoms with E-state index in [-0.39, 0.29) is 5.75 Å². The highest BCUT2D eigenvalue weighted by Gasteiger charge is 2.14. The summed E-state index contributed by atoms with van der Waals surface area (Å²) in [7, 11) is -3.21. The van der Waals surface area contributed by atoms with Crippen LogP contribution in [0.5, 0.6) is 0 Å². The van der Waals surface area contributed by atoms with Gasteiger partial charge >= 0.3 is 0 Å². The minimum Gasteiger partial charge on any atom is -0.308 e. The summed E-state index contributed by atoms with van der Waals surface area (Å²) < 4.78 is 26.5. The molecule has 0 N–H and O–H groups in total. The van der Waals surface area contributed by atoms with Gasteiger partial charge in [0.2, 0.25) is 0 Å². The van der Waals surface area contributed by atoms with Crippen molar-refractivity contribution in [3.63, 3.8) is 0 Å². The molecule has 132 valence electrons. The molecule has 0 aliphatic carbocycles. The summed E-state index contributed by atoms with van der Waals surface area (Å²) >= 11 is 3.30. The summed E-state index contributed by atoms with van der Waals surface area (Å²) in [4.78, 5) is 1.72. The molecule has 25 heavy (non-hydrogen) atoms. The summed E-state index contributed by atoms with van der Waals surface area (Å²) in [6.45, 7) is 0.832. The average molecular weight is 394 g/mol. The maximum Gasteiger partial charge on any atom is 0.191 e. The Morgan fingerprint density at radius 2 is 1.96 bits per heavy atom. The van der Waals surface area contributed by atoms with Crippen LogP contribution in [-0.2, 0) is 22.8 Å². The summed E-state index contributed by atoms with van der Waals surface area (Å²) in [6, 6.07) is 12.8. The normalized spacial score (nSPS) is 11.7. The van der Waals surface area contributed by atoms with Gasteiger partial charge in [-0.05, 0) is 36.4 Å². The van der Waals surface area contributed by atoms with Gasteiger partial charge in [-0.15, -0.1) is 21.5 Å². The van der Waals surface area contributed by atoms with Crippen molar-refractivity contribution in [2.75, 3.05) is 11.5 Å². The zero-order valence-corrected chi connectivity index (χ0v) is 16.1. The summed E-state index contributed by atoms with van der Waals surface area (Å²) in [5.74, 6) is 0.844. The van der Waals surface area contributed by atoms with Crippen LogP contribution < -0.4 is 0 Å². The molecule has 0 aliphatic rings. The van der Waals surface area contributed by atoms with Crippen molar-refractivity contribution in [1.82, 2.24) is 14.8 Å². The Bertz CT molecular complexity index is 875. The molecule has 0 atom stereocenters. The van der Waals surface area contributed by atoms with E-state index < -0.39 is 9.84 Å². The van der Waals surface area contributed by atoms with Crippen molar-refractivity contribution in [1.29, 1.82) is 0 Å². The lowest BCUT2D eigenvalue weighted by Crippen LogP contribution is -2.08. The molecule has 0 aliphatic heterocycles. The van der Waals surface area contributed by atoms with Crippen molar-refractivity contribution < 1.29 is 8.42 Å². The Labute approximate surface area is 156 Å². The molecule has 3 rings (SSSR count). The molecule has 0 spiro atoms. The van der Waals surface area contributed by atoms with Crippen LogP contribution in [0.4, 0.5) is 0 Å². The molecule has 1 aromatic carbocycles. The van der Waals surface area contributed by atoms with Gasteiger partial charge in [-0.1, -0.05) is 36.0 Å². The van der Waals surface area contributed by atoms with Crippen LogP contribution in [0, 0.1) is 0 Å². The molecular formula is C17H19N3O2S3. The fourth-order valence-electron chi connectivity index (χ4n) is 2.35. The summed E-state index contributed by atoms with van der Waals surface area (Å²) in [6.07, 6.45) is 3.27. The van der Waals surface area contributed by atoms with E-state index in [1.165, 1.54) is 4.88 Å². The van der Waals surface area contributed by atoms with Crippen molar-refractivity contribution in [3.8, 4) is 0 Å². The van der Waals surface area contributed by atoms with Gasteiger partial charge in [0, 0.05) is 17.2 Å². The zero-order valence-electron chi connectivity index (χ0n) is 13.6. The zero-order chi connectivity index (χ0) is 17.5. The number of hydrogen-bond donors (Lipinski definition) is 0. The molecule has 8 heteroatoms. The van der Waals surface area contributed by atoms with Crippen LogP contribution in [-0.4, -0.2) is 34.7 Å². The molecule has 3 aromatic rings. The second-order valence-corrected chi connectivity index (χ2v) is 9.67. The fourth-order valence-corrected chi connectivity index (χ4v) is 5.45. The van der Waals surface area contributed by atoms with Gasteiger partial charge in [0.05, 0.1) is 10.6 Å². The highest BCUT2D eigenvalue weighted by molar-refractivity contribution is 7.99. The van der Waals surface area contributed by atoms with Gasteiger partial charge in [0.15, 0.2) is 15.0 Å². The van der Waals surface area contributed by atoms with E-state index in [0.29, 0.717) is 17.1 Å². The van der Waals surface area contributed by atoms with Crippen LogP contribution in [0.25, 0.3) is 0 Å². The van der Waals surface area contributed by atoms with Gasteiger partial charge in [-0.2, -0.15) is 0 Å². The number of nitrogens with zero attached hydrogens (tertiary/aromatic N) is 3. The third kappa shape index (κ3) is 5.17. The average Bonchev–Trinajstić information content (AvgIpc) is 3.29. The topological polar surface area (TPSA) is 64.8 Å². The lowest BCUT2D eigenvalue weighted by molar-refractivity contribution is 0.595. The number of thioether (sulfide) groups is 1. The lowest BCUT2D eigenvalue weighted by Gasteiger charge is -2.06. The number of sulfone groups is 1. The Morgan fingerprint density at radius 1 is 1.12 bits per heavy atom. The quantitative estimate of drug-likeness (QED) is 0.411. The first-order chi connectivity index (χ1) is 12.1. The van der Waals surface area contributed by atoms with E-state index in [1.807, 2.05) is 10.6 Å². The van der Waals surface area contributed by atoms with Crippen molar-refractivity contribution in [2.45, 2.75) is 29.4 Å². The molecule has 0 radical (unpaired) electrons. The summed E-state index contributed by atoms with van der Waals surface area (Å²) in [5.41, 5.74) is 0. The predicted molar refractivity (Wildman–Crippen MR) is 102 cm³/mol. The number of aromatic nitrogens is 3. The second kappa shape index (κ2) is 8.64. The highest BCUT2D eigenvalue weighted by Crippen LogP contribution is 2.19. The number of aryl methyl sites for hydroxylation is 2. The SMILES string of the molecule is O=S(=O)(CCCSc1nncn1CCc1cccs1)c1ccccc1. The monoisotopic (exact) mass is 393 g/mol. The highest BCUT2D eigenvalue weighted by atomic mass is 32.2. The molecule has 0 fully saturated rings. The van der Waals surface area contributed by atoms with Gasteiger partial charge < -0.3 is 4.57 Å². The molecule has 0 unspecified atom stereocenters. The van der Waals surface area contributed by atoms with Crippen LogP contribution in [0.15, 0.2) is 64.2 Å². The second-order valence-electron chi connectivity index (χ2n) is 5.47. The van der Waals surface area contributed by atoms with Crippen LogP contribution in [0.2, 0.25) is 0 Å². The van der Waals surface area contributed by atoms with Gasteiger partial charge in [0.1, 0.15) is 6.33 Å². The Balaban J connectivity index is 1.47. The third-order valence-electron chi connectivity index (χ3n) is 3.65. The van der Waals surface area contributed by atoms with E-state index >= 15 is 0 Å². The van der Waals surface area contributed by atoms with E-state index in [0.717, 1.165) is 18.1 Å².